The minimum Gasteiger partial charge on any atom is -0.383 e. The topological polar surface area (TPSA) is 87.7 Å². The normalized spacial score (nSPS) is 15.6. The van der Waals surface area contributed by atoms with E-state index in [9.17, 15) is 27.6 Å². The second-order valence-electron chi connectivity index (χ2n) is 7.92. The van der Waals surface area contributed by atoms with E-state index in [-0.39, 0.29) is 29.2 Å². The number of halogens is 3. The van der Waals surface area contributed by atoms with E-state index in [0.29, 0.717) is 44.0 Å². The number of benzene rings is 1. The Hall–Kier alpha value is -2.92. The van der Waals surface area contributed by atoms with Crippen molar-refractivity contribution < 1.29 is 32.3 Å². The number of alkyl halides is 3. The van der Waals surface area contributed by atoms with Crippen LogP contribution in [0.4, 0.5) is 13.2 Å². The van der Waals surface area contributed by atoms with Crippen molar-refractivity contribution in [3.63, 3.8) is 0 Å². The maximum Gasteiger partial charge on any atom is 0.416 e. The molecular formula is C23H26F3N3O4S. The summed E-state index contributed by atoms with van der Waals surface area (Å²) in [7, 11) is 1.52. The van der Waals surface area contributed by atoms with Crippen molar-refractivity contribution >= 4 is 29.1 Å². The minimum atomic E-state index is -4.47. The quantitative estimate of drug-likeness (QED) is 0.549. The lowest BCUT2D eigenvalue weighted by Gasteiger charge is -2.35. The molecule has 1 saturated heterocycles. The van der Waals surface area contributed by atoms with Gasteiger partial charge in [-0.05, 0) is 54.5 Å². The van der Waals surface area contributed by atoms with Crippen molar-refractivity contribution in [2.75, 3.05) is 33.4 Å². The van der Waals surface area contributed by atoms with Gasteiger partial charge in [-0.1, -0.05) is 6.07 Å². The highest BCUT2D eigenvalue weighted by atomic mass is 32.1. The molecule has 11 heteroatoms. The molecular weight excluding hydrogens is 471 g/mol. The van der Waals surface area contributed by atoms with Gasteiger partial charge in [0, 0.05) is 32.3 Å². The fraction of sp³-hybridized carbons (Fsp3) is 0.435. The number of likely N-dealkylation sites (tertiary alicyclic amines) is 1. The van der Waals surface area contributed by atoms with Crippen LogP contribution in [0.3, 0.4) is 0 Å². The van der Waals surface area contributed by atoms with Crippen LogP contribution in [0, 0.1) is 5.92 Å². The van der Waals surface area contributed by atoms with Gasteiger partial charge >= 0.3 is 6.18 Å². The van der Waals surface area contributed by atoms with Crippen LogP contribution in [-0.2, 0) is 15.7 Å². The summed E-state index contributed by atoms with van der Waals surface area (Å²) in [5.74, 6) is -1.24. The number of ether oxygens (including phenoxy) is 1. The number of hydrogen-bond donors (Lipinski definition) is 2. The van der Waals surface area contributed by atoms with Gasteiger partial charge in [-0.2, -0.15) is 13.2 Å². The second kappa shape index (κ2) is 11.5. The van der Waals surface area contributed by atoms with Gasteiger partial charge in [0.05, 0.1) is 17.0 Å². The number of rotatable bonds is 8. The van der Waals surface area contributed by atoms with Gasteiger partial charge in [0.25, 0.3) is 11.8 Å². The van der Waals surface area contributed by atoms with Crippen molar-refractivity contribution in [1.29, 1.82) is 0 Å². The van der Waals surface area contributed by atoms with Crippen LogP contribution >= 0.6 is 11.3 Å². The Bertz CT molecular complexity index is 972. The molecule has 34 heavy (non-hydrogen) atoms. The average molecular weight is 498 g/mol. The van der Waals surface area contributed by atoms with Gasteiger partial charge in [-0.25, -0.2) is 0 Å². The highest BCUT2D eigenvalue weighted by Crippen LogP contribution is 2.29. The molecule has 0 unspecified atom stereocenters. The fourth-order valence-corrected chi connectivity index (χ4v) is 4.45. The molecule has 1 fully saturated rings. The lowest BCUT2D eigenvalue weighted by Crippen LogP contribution is -2.54. The van der Waals surface area contributed by atoms with Gasteiger partial charge in [-0.3, -0.25) is 14.4 Å². The van der Waals surface area contributed by atoms with E-state index in [1.165, 1.54) is 30.6 Å². The van der Waals surface area contributed by atoms with E-state index in [4.69, 9.17) is 4.74 Å². The number of nitrogens with one attached hydrogen (secondary N) is 2. The first-order chi connectivity index (χ1) is 16.2. The molecule has 184 valence electrons. The zero-order chi connectivity index (χ0) is 24.7. The Labute approximate surface area is 199 Å². The molecule has 0 radical (unpaired) electrons. The maximum absolute atomic E-state index is 12.8. The molecule has 1 aliphatic heterocycles. The van der Waals surface area contributed by atoms with Crippen LogP contribution in [0.1, 0.15) is 38.4 Å². The first-order valence-electron chi connectivity index (χ1n) is 10.8. The standard InChI is InChI=1S/C23H26F3N3O4S/c1-33-13-10-27-21(31)19(28-20(30)18-3-2-14-34-18)15-8-11-29(12-9-15)22(32)16-4-6-17(7-5-16)23(24,25)26/h2-7,14-15,19H,8-13H2,1H3,(H,27,31)(H,28,30)/t19-/m1/s1. The lowest BCUT2D eigenvalue weighted by atomic mass is 9.88. The molecule has 1 aromatic carbocycles. The Balaban J connectivity index is 1.64. The highest BCUT2D eigenvalue weighted by molar-refractivity contribution is 7.12. The van der Waals surface area contributed by atoms with Crippen molar-refractivity contribution in [2.45, 2.75) is 25.1 Å². The summed E-state index contributed by atoms with van der Waals surface area (Å²) in [6.45, 7) is 1.27. The fourth-order valence-electron chi connectivity index (χ4n) is 3.82. The highest BCUT2D eigenvalue weighted by Gasteiger charge is 2.35. The third kappa shape index (κ3) is 6.57. The maximum atomic E-state index is 12.8. The molecule has 2 heterocycles. The van der Waals surface area contributed by atoms with Gasteiger partial charge in [0.2, 0.25) is 5.91 Å². The number of piperidine rings is 1. The smallest absolute Gasteiger partial charge is 0.383 e. The van der Waals surface area contributed by atoms with E-state index in [1.807, 2.05) is 0 Å². The van der Waals surface area contributed by atoms with Gasteiger partial charge < -0.3 is 20.3 Å². The van der Waals surface area contributed by atoms with Crippen molar-refractivity contribution in [1.82, 2.24) is 15.5 Å². The number of nitrogens with zero attached hydrogens (tertiary/aromatic N) is 1. The average Bonchev–Trinajstić information content (AvgIpc) is 3.37. The monoisotopic (exact) mass is 497 g/mol. The zero-order valence-corrected chi connectivity index (χ0v) is 19.4. The number of thiophene rings is 1. The van der Waals surface area contributed by atoms with Crippen LogP contribution in [0.25, 0.3) is 0 Å². The molecule has 3 amide bonds. The second-order valence-corrected chi connectivity index (χ2v) is 8.86. The number of carbonyl (C=O) groups is 3. The zero-order valence-electron chi connectivity index (χ0n) is 18.6. The third-order valence-electron chi connectivity index (χ3n) is 5.68. The number of hydrogen-bond acceptors (Lipinski definition) is 5. The Kier molecular flexibility index (Phi) is 8.67. The SMILES string of the molecule is COCCNC(=O)[C@H](NC(=O)c1cccs1)C1CCN(C(=O)c2ccc(C(F)(F)F)cc2)CC1. The van der Waals surface area contributed by atoms with Crippen LogP contribution in [-0.4, -0.2) is 62.0 Å². The summed E-state index contributed by atoms with van der Waals surface area (Å²) in [5, 5.41) is 7.35. The van der Waals surface area contributed by atoms with Gasteiger partial charge in [0.15, 0.2) is 0 Å². The van der Waals surface area contributed by atoms with Gasteiger partial charge in [0.1, 0.15) is 6.04 Å². The molecule has 2 aromatic rings. The van der Waals surface area contributed by atoms with Crippen LogP contribution in [0.2, 0.25) is 0 Å². The summed E-state index contributed by atoms with van der Waals surface area (Å²) in [5.41, 5.74) is -0.641. The van der Waals surface area contributed by atoms with E-state index in [2.05, 4.69) is 10.6 Å². The number of carbonyl (C=O) groups excluding carboxylic acids is 3. The molecule has 0 saturated carbocycles. The van der Waals surface area contributed by atoms with Crippen molar-refractivity contribution in [2.24, 2.45) is 5.92 Å². The first kappa shape index (κ1) is 25.7. The summed E-state index contributed by atoms with van der Waals surface area (Å²) in [6.07, 6.45) is -3.55. The summed E-state index contributed by atoms with van der Waals surface area (Å²) in [6, 6.07) is 6.76. The van der Waals surface area contributed by atoms with Crippen molar-refractivity contribution in [3.05, 3.63) is 57.8 Å². The van der Waals surface area contributed by atoms with Crippen LogP contribution in [0.15, 0.2) is 41.8 Å². The molecule has 3 rings (SSSR count). The molecule has 1 aromatic heterocycles. The Morgan fingerprint density at radius 1 is 1.15 bits per heavy atom. The number of methoxy groups -OCH3 is 1. The number of amides is 3. The van der Waals surface area contributed by atoms with Crippen molar-refractivity contribution in [3.8, 4) is 0 Å². The molecule has 1 aliphatic rings. The van der Waals surface area contributed by atoms with Crippen LogP contribution in [0.5, 0.6) is 0 Å². The predicted octanol–water partition coefficient (Wildman–Crippen LogP) is 3.18. The van der Waals surface area contributed by atoms with E-state index >= 15 is 0 Å². The third-order valence-corrected chi connectivity index (χ3v) is 6.55. The molecule has 7 nitrogen and oxygen atoms in total. The van der Waals surface area contributed by atoms with E-state index in [0.717, 1.165) is 12.1 Å². The summed E-state index contributed by atoms with van der Waals surface area (Å²) < 4.78 is 43.3. The lowest BCUT2D eigenvalue weighted by molar-refractivity contribution is -0.137. The molecule has 0 bridgehead atoms. The van der Waals surface area contributed by atoms with E-state index in [1.54, 1.807) is 22.4 Å². The first-order valence-corrected chi connectivity index (χ1v) is 11.7. The molecule has 0 aliphatic carbocycles. The molecule has 0 spiro atoms. The molecule has 2 N–H and O–H groups in total. The summed E-state index contributed by atoms with van der Waals surface area (Å²) in [4.78, 5) is 40.2. The van der Waals surface area contributed by atoms with E-state index < -0.39 is 17.8 Å². The summed E-state index contributed by atoms with van der Waals surface area (Å²) >= 11 is 1.27. The van der Waals surface area contributed by atoms with Gasteiger partial charge in [-0.15, -0.1) is 11.3 Å². The largest absolute Gasteiger partial charge is 0.416 e. The minimum absolute atomic E-state index is 0.173. The van der Waals surface area contributed by atoms with Crippen LogP contribution < -0.4 is 10.6 Å². The Morgan fingerprint density at radius 3 is 2.38 bits per heavy atom. The predicted molar refractivity (Wildman–Crippen MR) is 121 cm³/mol. The Morgan fingerprint density at radius 2 is 1.82 bits per heavy atom. The molecule has 1 atom stereocenters.